The van der Waals surface area contributed by atoms with E-state index >= 15 is 0 Å². The summed E-state index contributed by atoms with van der Waals surface area (Å²) in [6.07, 6.45) is 1.34. The molecule has 112 valence electrons. The summed E-state index contributed by atoms with van der Waals surface area (Å²) in [4.78, 5) is 7.21. The first-order chi connectivity index (χ1) is 9.61. The van der Waals surface area contributed by atoms with Crippen LogP contribution in [0.1, 0.15) is 37.1 Å². The molecule has 1 aliphatic rings. The molecule has 1 aromatic heterocycles. The molecule has 0 aliphatic carbocycles. The molecular weight excluding hydrogens is 250 g/mol. The summed E-state index contributed by atoms with van der Waals surface area (Å²) in [5.74, 6) is 1.14. The Hall–Kier alpha value is -1.13. The van der Waals surface area contributed by atoms with Gasteiger partial charge in [-0.2, -0.15) is 0 Å². The van der Waals surface area contributed by atoms with Crippen molar-refractivity contribution in [1.29, 1.82) is 0 Å². The maximum Gasteiger partial charge on any atom is 0.133 e. The number of ether oxygens (including phenoxy) is 1. The van der Waals surface area contributed by atoms with E-state index in [2.05, 4.69) is 44.0 Å². The zero-order chi connectivity index (χ0) is 14.5. The molecule has 0 bridgehead atoms. The third kappa shape index (κ3) is 3.70. The van der Waals surface area contributed by atoms with Crippen molar-refractivity contribution >= 4 is 5.82 Å². The molecule has 0 spiro atoms. The zero-order valence-corrected chi connectivity index (χ0v) is 13.2. The fourth-order valence-corrected chi connectivity index (χ4v) is 2.76. The molecule has 2 heterocycles. The van der Waals surface area contributed by atoms with Crippen LogP contribution >= 0.6 is 0 Å². The second-order valence-electron chi connectivity index (χ2n) is 5.64. The van der Waals surface area contributed by atoms with Gasteiger partial charge in [-0.25, -0.2) is 4.98 Å². The number of anilines is 1. The quantitative estimate of drug-likeness (QED) is 0.917. The van der Waals surface area contributed by atoms with Crippen molar-refractivity contribution in [3.05, 3.63) is 22.9 Å². The second-order valence-corrected chi connectivity index (χ2v) is 5.64. The molecule has 1 unspecified atom stereocenters. The van der Waals surface area contributed by atoms with E-state index in [9.17, 15) is 0 Å². The fraction of sp³-hybridized carbons (Fsp3) is 0.688. The van der Waals surface area contributed by atoms with Crippen LogP contribution in [-0.4, -0.2) is 37.3 Å². The number of hydrogen-bond acceptors (Lipinski definition) is 4. The van der Waals surface area contributed by atoms with Gasteiger partial charge in [0.05, 0.1) is 6.10 Å². The maximum absolute atomic E-state index is 5.75. The van der Waals surface area contributed by atoms with E-state index in [0.29, 0.717) is 0 Å². The molecule has 1 saturated heterocycles. The second kappa shape index (κ2) is 7.04. The van der Waals surface area contributed by atoms with Crippen LogP contribution in [0.2, 0.25) is 0 Å². The molecule has 1 N–H and O–H groups in total. The highest BCUT2D eigenvalue weighted by Gasteiger charge is 2.20. The van der Waals surface area contributed by atoms with Gasteiger partial charge in [0.25, 0.3) is 0 Å². The van der Waals surface area contributed by atoms with E-state index in [1.54, 1.807) is 0 Å². The van der Waals surface area contributed by atoms with E-state index in [-0.39, 0.29) is 6.10 Å². The molecule has 4 nitrogen and oxygen atoms in total. The third-order valence-corrected chi connectivity index (χ3v) is 3.76. The number of nitrogens with zero attached hydrogens (tertiary/aromatic N) is 2. The van der Waals surface area contributed by atoms with Crippen molar-refractivity contribution in [3.63, 3.8) is 0 Å². The van der Waals surface area contributed by atoms with Crippen LogP contribution in [0.3, 0.4) is 0 Å². The van der Waals surface area contributed by atoms with Crippen LogP contribution < -0.4 is 10.2 Å². The fourth-order valence-electron chi connectivity index (χ4n) is 2.76. The molecule has 0 radical (unpaired) electrons. The van der Waals surface area contributed by atoms with Crippen LogP contribution in [-0.2, 0) is 11.3 Å². The van der Waals surface area contributed by atoms with Crippen LogP contribution in [0.5, 0.6) is 0 Å². The van der Waals surface area contributed by atoms with Crippen molar-refractivity contribution in [2.24, 2.45) is 0 Å². The first-order valence-corrected chi connectivity index (χ1v) is 7.66. The average Bonchev–Trinajstić information content (AvgIpc) is 2.61. The van der Waals surface area contributed by atoms with Crippen molar-refractivity contribution < 1.29 is 4.74 Å². The average molecular weight is 277 g/mol. The standard InChI is InChI=1S/C16H27N3O/c1-5-17-10-15-12(2)9-13(3)18-16(15)19-7-6-8-20-14(4)11-19/h9,14,17H,5-8,10-11H2,1-4H3. The first-order valence-electron chi connectivity index (χ1n) is 7.66. The highest BCUT2D eigenvalue weighted by molar-refractivity contribution is 5.52. The molecule has 0 amide bonds. The summed E-state index contributed by atoms with van der Waals surface area (Å²) >= 11 is 0. The molecular formula is C16H27N3O. The number of rotatable bonds is 4. The van der Waals surface area contributed by atoms with Crippen LogP contribution in [0.25, 0.3) is 0 Å². The van der Waals surface area contributed by atoms with Crippen LogP contribution in [0, 0.1) is 13.8 Å². The summed E-state index contributed by atoms with van der Waals surface area (Å²) in [5, 5.41) is 3.43. The summed E-state index contributed by atoms with van der Waals surface area (Å²) in [6, 6.07) is 2.17. The molecule has 4 heteroatoms. The number of aromatic nitrogens is 1. The van der Waals surface area contributed by atoms with Crippen molar-refractivity contribution in [2.45, 2.75) is 46.8 Å². The number of nitrogens with one attached hydrogen (secondary N) is 1. The van der Waals surface area contributed by atoms with E-state index in [1.807, 2.05) is 0 Å². The predicted octanol–water partition coefficient (Wildman–Crippen LogP) is 2.42. The van der Waals surface area contributed by atoms with Gasteiger partial charge in [-0.1, -0.05) is 6.92 Å². The predicted molar refractivity (Wildman–Crippen MR) is 83.3 cm³/mol. The Morgan fingerprint density at radius 1 is 1.45 bits per heavy atom. The smallest absolute Gasteiger partial charge is 0.133 e. The van der Waals surface area contributed by atoms with Gasteiger partial charge in [0, 0.05) is 37.5 Å². The largest absolute Gasteiger partial charge is 0.377 e. The molecule has 20 heavy (non-hydrogen) atoms. The topological polar surface area (TPSA) is 37.4 Å². The lowest BCUT2D eigenvalue weighted by Crippen LogP contribution is -2.32. The maximum atomic E-state index is 5.75. The van der Waals surface area contributed by atoms with Gasteiger partial charge in [0.1, 0.15) is 5.82 Å². The Kier molecular flexibility index (Phi) is 5.38. The number of aryl methyl sites for hydroxylation is 2. The van der Waals surface area contributed by atoms with Gasteiger partial charge in [-0.15, -0.1) is 0 Å². The molecule has 1 aliphatic heterocycles. The highest BCUT2D eigenvalue weighted by atomic mass is 16.5. The van der Waals surface area contributed by atoms with E-state index in [4.69, 9.17) is 9.72 Å². The Morgan fingerprint density at radius 2 is 2.25 bits per heavy atom. The molecule has 2 rings (SSSR count). The summed E-state index contributed by atoms with van der Waals surface area (Å²) < 4.78 is 5.75. The summed E-state index contributed by atoms with van der Waals surface area (Å²) in [7, 11) is 0. The summed E-state index contributed by atoms with van der Waals surface area (Å²) in [6.45, 7) is 13.2. The minimum absolute atomic E-state index is 0.270. The van der Waals surface area contributed by atoms with Gasteiger partial charge in [0.15, 0.2) is 0 Å². The van der Waals surface area contributed by atoms with Crippen molar-refractivity contribution in [2.75, 3.05) is 31.1 Å². The molecule has 1 aromatic rings. The van der Waals surface area contributed by atoms with E-state index in [0.717, 1.165) is 50.7 Å². The monoisotopic (exact) mass is 277 g/mol. The van der Waals surface area contributed by atoms with Gasteiger partial charge in [0.2, 0.25) is 0 Å². The van der Waals surface area contributed by atoms with Gasteiger partial charge in [-0.3, -0.25) is 0 Å². The SMILES string of the molecule is CCNCc1c(C)cc(C)nc1N1CCCOC(C)C1. The lowest BCUT2D eigenvalue weighted by molar-refractivity contribution is 0.0820. The normalized spacial score (nSPS) is 20.0. The number of hydrogen-bond donors (Lipinski definition) is 1. The molecule has 0 aromatic carbocycles. The number of pyridine rings is 1. The molecule has 0 saturated carbocycles. The zero-order valence-electron chi connectivity index (χ0n) is 13.2. The van der Waals surface area contributed by atoms with Gasteiger partial charge in [-0.05, 0) is 45.4 Å². The lowest BCUT2D eigenvalue weighted by atomic mass is 10.1. The molecule has 1 fully saturated rings. The Balaban J connectivity index is 2.31. The van der Waals surface area contributed by atoms with E-state index < -0.39 is 0 Å². The Labute approximate surface area is 122 Å². The summed E-state index contributed by atoms with van der Waals surface area (Å²) in [5.41, 5.74) is 3.74. The van der Waals surface area contributed by atoms with Crippen molar-refractivity contribution in [1.82, 2.24) is 10.3 Å². The van der Waals surface area contributed by atoms with E-state index in [1.165, 1.54) is 11.1 Å². The van der Waals surface area contributed by atoms with Crippen LogP contribution in [0.15, 0.2) is 6.07 Å². The third-order valence-electron chi connectivity index (χ3n) is 3.76. The molecule has 1 atom stereocenters. The highest BCUT2D eigenvalue weighted by Crippen LogP contribution is 2.24. The first kappa shape index (κ1) is 15.3. The minimum atomic E-state index is 0.270. The minimum Gasteiger partial charge on any atom is -0.377 e. The van der Waals surface area contributed by atoms with Crippen molar-refractivity contribution in [3.8, 4) is 0 Å². The van der Waals surface area contributed by atoms with Gasteiger partial charge >= 0.3 is 0 Å². The Morgan fingerprint density at radius 3 is 3.00 bits per heavy atom. The Bertz CT molecular complexity index is 448. The van der Waals surface area contributed by atoms with Gasteiger partial charge < -0.3 is 15.0 Å². The lowest BCUT2D eigenvalue weighted by Gasteiger charge is -2.27. The van der Waals surface area contributed by atoms with Crippen LogP contribution in [0.4, 0.5) is 5.82 Å².